The lowest BCUT2D eigenvalue weighted by atomic mass is 9.96. The molecule has 0 radical (unpaired) electrons. The van der Waals surface area contributed by atoms with E-state index in [-0.39, 0.29) is 16.8 Å². The molecule has 1 aliphatic carbocycles. The number of amides is 1. The molecule has 1 amide bonds. The second kappa shape index (κ2) is 11.3. The molecular formula is C27H35N3O3S. The lowest BCUT2D eigenvalue weighted by Crippen LogP contribution is -2.48. The first-order valence-corrected chi connectivity index (χ1v) is 13.7. The van der Waals surface area contributed by atoms with E-state index in [2.05, 4.69) is 29.2 Å². The molecule has 2 aromatic carbocycles. The van der Waals surface area contributed by atoms with E-state index in [1.165, 1.54) is 16.3 Å². The third-order valence-electron chi connectivity index (χ3n) is 7.00. The van der Waals surface area contributed by atoms with Gasteiger partial charge in [0, 0.05) is 51.4 Å². The molecule has 0 unspecified atom stereocenters. The number of rotatable bonds is 7. The Labute approximate surface area is 203 Å². The summed E-state index contributed by atoms with van der Waals surface area (Å²) in [5, 5.41) is 0. The summed E-state index contributed by atoms with van der Waals surface area (Å²) in [4.78, 5) is 17.4. The number of piperazine rings is 1. The highest BCUT2D eigenvalue weighted by atomic mass is 32.2. The Morgan fingerprint density at radius 3 is 2.24 bits per heavy atom. The normalized spacial score (nSPS) is 18.6. The van der Waals surface area contributed by atoms with Gasteiger partial charge in [-0.05, 0) is 42.7 Å². The third kappa shape index (κ3) is 5.95. The topological polar surface area (TPSA) is 60.9 Å². The Kier molecular flexibility index (Phi) is 8.19. The monoisotopic (exact) mass is 481 g/mol. The molecule has 1 aliphatic heterocycles. The average Bonchev–Trinajstić information content (AvgIpc) is 2.89. The predicted molar refractivity (Wildman–Crippen MR) is 136 cm³/mol. The third-order valence-corrected chi connectivity index (χ3v) is 8.92. The number of sulfonamides is 1. The van der Waals surface area contributed by atoms with Crippen LogP contribution in [0.1, 0.15) is 48.0 Å². The second-order valence-corrected chi connectivity index (χ2v) is 11.2. The van der Waals surface area contributed by atoms with E-state index in [1.807, 2.05) is 23.1 Å². The van der Waals surface area contributed by atoms with Gasteiger partial charge in [0.1, 0.15) is 0 Å². The molecule has 7 heteroatoms. The Hall–Kier alpha value is -2.48. The number of benzene rings is 2. The molecule has 6 nitrogen and oxygen atoms in total. The van der Waals surface area contributed by atoms with Gasteiger partial charge in [0.05, 0.1) is 4.90 Å². The van der Waals surface area contributed by atoms with Crippen molar-refractivity contribution in [2.75, 3.05) is 39.8 Å². The quantitative estimate of drug-likeness (QED) is 0.597. The lowest BCUT2D eigenvalue weighted by Gasteiger charge is -2.34. The van der Waals surface area contributed by atoms with Crippen molar-refractivity contribution in [1.29, 1.82) is 0 Å². The van der Waals surface area contributed by atoms with Crippen molar-refractivity contribution in [3.63, 3.8) is 0 Å². The van der Waals surface area contributed by atoms with Crippen LogP contribution in [-0.4, -0.2) is 74.2 Å². The first-order chi connectivity index (χ1) is 16.4. The van der Waals surface area contributed by atoms with Crippen molar-refractivity contribution in [1.82, 2.24) is 14.1 Å². The molecule has 2 aromatic rings. The molecule has 0 aromatic heterocycles. The highest BCUT2D eigenvalue weighted by Gasteiger charge is 2.29. The Balaban J connectivity index is 1.30. The minimum absolute atomic E-state index is 0.0379. The van der Waals surface area contributed by atoms with Gasteiger partial charge in [0.2, 0.25) is 10.0 Å². The maximum Gasteiger partial charge on any atom is 0.253 e. The van der Waals surface area contributed by atoms with E-state index in [9.17, 15) is 13.2 Å². The standard InChI is InChI=1S/C27H35N3O3S/c1-28(25-12-6-3-7-13-25)34(32,33)26-16-14-24(15-17-26)27(31)30-21-19-29(20-22-30)18-8-11-23-9-4-2-5-10-23/h2,4-5,8-11,14-17,25H,3,6-7,12-13,18-22H2,1H3/b11-8+. The fourth-order valence-electron chi connectivity index (χ4n) is 4.79. The SMILES string of the molecule is CN(C1CCCCC1)S(=O)(=O)c1ccc(C(=O)N2CCN(C/C=C/c3ccccc3)CC2)cc1. The molecule has 0 bridgehead atoms. The van der Waals surface area contributed by atoms with Crippen molar-refractivity contribution in [2.45, 2.75) is 43.0 Å². The number of nitrogens with zero attached hydrogens (tertiary/aromatic N) is 3. The largest absolute Gasteiger partial charge is 0.336 e. The van der Waals surface area contributed by atoms with Crippen LogP contribution >= 0.6 is 0 Å². The van der Waals surface area contributed by atoms with E-state index in [1.54, 1.807) is 31.3 Å². The van der Waals surface area contributed by atoms with Crippen molar-refractivity contribution in [3.8, 4) is 0 Å². The molecule has 0 atom stereocenters. The van der Waals surface area contributed by atoms with Crippen LogP contribution in [0.3, 0.4) is 0 Å². The summed E-state index contributed by atoms with van der Waals surface area (Å²) in [6, 6.07) is 16.8. The van der Waals surface area contributed by atoms with Crippen molar-refractivity contribution >= 4 is 22.0 Å². The summed E-state index contributed by atoms with van der Waals surface area (Å²) in [6.45, 7) is 3.84. The van der Waals surface area contributed by atoms with Crippen LogP contribution in [0, 0.1) is 0 Å². The van der Waals surface area contributed by atoms with Crippen LogP contribution in [0.25, 0.3) is 6.08 Å². The van der Waals surface area contributed by atoms with Crippen LogP contribution < -0.4 is 0 Å². The highest BCUT2D eigenvalue weighted by molar-refractivity contribution is 7.89. The molecular weight excluding hydrogens is 446 g/mol. The van der Waals surface area contributed by atoms with E-state index >= 15 is 0 Å². The molecule has 1 saturated heterocycles. The summed E-state index contributed by atoms with van der Waals surface area (Å²) in [5.74, 6) is -0.0379. The molecule has 34 heavy (non-hydrogen) atoms. The van der Waals surface area contributed by atoms with Gasteiger partial charge >= 0.3 is 0 Å². The Bertz CT molecular complexity index is 1070. The Morgan fingerprint density at radius 2 is 1.59 bits per heavy atom. The number of hydrogen-bond donors (Lipinski definition) is 0. The van der Waals surface area contributed by atoms with Crippen LogP contribution in [0.15, 0.2) is 65.6 Å². The summed E-state index contributed by atoms with van der Waals surface area (Å²) >= 11 is 0. The summed E-state index contributed by atoms with van der Waals surface area (Å²) < 4.78 is 27.6. The zero-order valence-electron chi connectivity index (χ0n) is 20.0. The molecule has 1 heterocycles. The fourth-order valence-corrected chi connectivity index (χ4v) is 6.21. The minimum Gasteiger partial charge on any atom is -0.336 e. The Morgan fingerprint density at radius 1 is 0.941 bits per heavy atom. The molecule has 0 N–H and O–H groups in total. The molecule has 2 fully saturated rings. The maximum atomic E-state index is 13.0. The van der Waals surface area contributed by atoms with Gasteiger partial charge in [0.25, 0.3) is 5.91 Å². The van der Waals surface area contributed by atoms with E-state index in [4.69, 9.17) is 0 Å². The first kappa shape index (κ1) is 24.6. The van der Waals surface area contributed by atoms with Crippen LogP contribution in [0.4, 0.5) is 0 Å². The summed E-state index contributed by atoms with van der Waals surface area (Å²) in [5.41, 5.74) is 1.73. The zero-order valence-corrected chi connectivity index (χ0v) is 20.8. The van der Waals surface area contributed by atoms with Crippen LogP contribution in [-0.2, 0) is 10.0 Å². The van der Waals surface area contributed by atoms with Gasteiger partial charge in [-0.25, -0.2) is 8.42 Å². The first-order valence-electron chi connectivity index (χ1n) is 12.3. The van der Waals surface area contributed by atoms with Gasteiger partial charge in [-0.1, -0.05) is 61.7 Å². The highest BCUT2D eigenvalue weighted by Crippen LogP contribution is 2.26. The van der Waals surface area contributed by atoms with Crippen LogP contribution in [0.2, 0.25) is 0 Å². The van der Waals surface area contributed by atoms with Gasteiger partial charge in [-0.3, -0.25) is 9.69 Å². The molecule has 0 spiro atoms. The van der Waals surface area contributed by atoms with Gasteiger partial charge in [0.15, 0.2) is 0 Å². The van der Waals surface area contributed by atoms with Crippen LogP contribution in [0.5, 0.6) is 0 Å². The van der Waals surface area contributed by atoms with Gasteiger partial charge < -0.3 is 4.90 Å². The van der Waals surface area contributed by atoms with Crippen molar-refractivity contribution in [2.24, 2.45) is 0 Å². The predicted octanol–water partition coefficient (Wildman–Crippen LogP) is 4.11. The number of hydrogen-bond acceptors (Lipinski definition) is 4. The summed E-state index contributed by atoms with van der Waals surface area (Å²) in [7, 11) is -1.87. The maximum absolute atomic E-state index is 13.0. The van der Waals surface area contributed by atoms with Gasteiger partial charge in [-0.2, -0.15) is 4.31 Å². The van der Waals surface area contributed by atoms with E-state index in [0.29, 0.717) is 18.7 Å². The van der Waals surface area contributed by atoms with Crippen molar-refractivity contribution in [3.05, 3.63) is 71.8 Å². The number of carbonyl (C=O) groups excluding carboxylic acids is 1. The average molecular weight is 482 g/mol. The van der Waals surface area contributed by atoms with Crippen molar-refractivity contribution < 1.29 is 13.2 Å². The summed E-state index contributed by atoms with van der Waals surface area (Å²) in [6.07, 6.45) is 9.46. The van der Waals surface area contributed by atoms with E-state index in [0.717, 1.165) is 45.3 Å². The zero-order chi connectivity index (χ0) is 24.0. The molecule has 182 valence electrons. The van der Waals surface area contributed by atoms with Gasteiger partial charge in [-0.15, -0.1) is 0 Å². The minimum atomic E-state index is -3.55. The van der Waals surface area contributed by atoms with E-state index < -0.39 is 10.0 Å². The molecule has 2 aliphatic rings. The fraction of sp³-hybridized carbons (Fsp3) is 0.444. The molecule has 4 rings (SSSR count). The lowest BCUT2D eigenvalue weighted by molar-refractivity contribution is 0.0650. The smallest absolute Gasteiger partial charge is 0.253 e. The number of carbonyl (C=O) groups is 1. The molecule has 1 saturated carbocycles. The second-order valence-electron chi connectivity index (χ2n) is 9.24.